The van der Waals surface area contributed by atoms with Crippen LogP contribution in [0, 0.1) is 46.1 Å². The van der Waals surface area contributed by atoms with Crippen molar-refractivity contribution in [1.82, 2.24) is 19.8 Å². The van der Waals surface area contributed by atoms with Crippen molar-refractivity contribution >= 4 is 60.7 Å². The highest BCUT2D eigenvalue weighted by molar-refractivity contribution is 7.23. The van der Waals surface area contributed by atoms with Crippen LogP contribution in [0.5, 0.6) is 6.01 Å². The number of likely N-dealkylation sites (tertiary alicyclic amines) is 1. The van der Waals surface area contributed by atoms with Gasteiger partial charge < -0.3 is 25.0 Å². The van der Waals surface area contributed by atoms with Crippen molar-refractivity contribution in [2.45, 2.75) is 50.2 Å². The van der Waals surface area contributed by atoms with Crippen LogP contribution in [-0.2, 0) is 9.53 Å². The van der Waals surface area contributed by atoms with E-state index < -0.39 is 23.3 Å². The van der Waals surface area contributed by atoms with E-state index in [-0.39, 0.29) is 72.2 Å². The van der Waals surface area contributed by atoms with Gasteiger partial charge in [0.1, 0.15) is 41.0 Å². The number of nitrogens with zero attached hydrogens (tertiary/aromatic N) is 6. The van der Waals surface area contributed by atoms with Gasteiger partial charge in [-0.2, -0.15) is 15.2 Å². The number of nitrogens with two attached hydrogens (primary N) is 1. The summed E-state index contributed by atoms with van der Waals surface area (Å²) in [6.07, 6.45) is 3.92. The lowest BCUT2D eigenvalue weighted by molar-refractivity contribution is -0.146. The first-order valence-electron chi connectivity index (χ1n) is 18.8. The number of nitrogen functional groups attached to an aromatic ring is 1. The van der Waals surface area contributed by atoms with E-state index in [0.717, 1.165) is 50.0 Å². The van der Waals surface area contributed by atoms with Gasteiger partial charge in [-0.25, -0.2) is 13.2 Å². The highest BCUT2D eigenvalue weighted by Crippen LogP contribution is 2.54. The number of hydrogen-bond donors (Lipinski definition) is 1. The van der Waals surface area contributed by atoms with Crippen LogP contribution in [0.3, 0.4) is 0 Å². The number of benzene rings is 2. The zero-order valence-electron chi connectivity index (χ0n) is 29.6. The fraction of sp³-hybridized carbons (Fsp3) is 0.538. The molecule has 2 aromatic carbocycles. The SMILES string of the molecule is N#Cc1c(N)sc2c(F)ccc(-c3c(Cl)cc4c(N5CCCCC6(CN(C(=O)C7[C@H]8COC[C@@H]78)C6)C5)nc(OC[C@@]56CCCN5C[C@H](F)C6)nc4c3F)c12. The summed E-state index contributed by atoms with van der Waals surface area (Å²) in [6.45, 7) is 5.19. The molecule has 6 aliphatic rings. The van der Waals surface area contributed by atoms with Gasteiger partial charge in [-0.3, -0.25) is 9.69 Å². The number of rotatable bonds is 6. The molecule has 1 unspecified atom stereocenters. The highest BCUT2D eigenvalue weighted by atomic mass is 35.5. The number of anilines is 2. The summed E-state index contributed by atoms with van der Waals surface area (Å²) in [5, 5.41) is 10.7. The van der Waals surface area contributed by atoms with Crippen LogP contribution in [0.25, 0.3) is 32.1 Å². The molecule has 6 fully saturated rings. The van der Waals surface area contributed by atoms with E-state index in [1.165, 1.54) is 12.1 Å². The lowest BCUT2D eigenvalue weighted by Crippen LogP contribution is -2.62. The molecule has 5 aliphatic heterocycles. The second kappa shape index (κ2) is 12.6. The molecule has 1 aliphatic carbocycles. The number of aromatic nitrogens is 2. The molecule has 1 amide bonds. The summed E-state index contributed by atoms with van der Waals surface area (Å²) < 4.78 is 59.0. The molecule has 10 nitrogen and oxygen atoms in total. The van der Waals surface area contributed by atoms with Crippen molar-refractivity contribution < 1.29 is 27.4 Å². The minimum absolute atomic E-state index is 0.0267. The summed E-state index contributed by atoms with van der Waals surface area (Å²) in [7, 11) is 0. The molecule has 2 N–H and O–H groups in total. The third kappa shape index (κ3) is 5.28. The van der Waals surface area contributed by atoms with Crippen molar-refractivity contribution in [3.05, 3.63) is 40.4 Å². The summed E-state index contributed by atoms with van der Waals surface area (Å²) in [5.74, 6) is 0.127. The van der Waals surface area contributed by atoms with Crippen LogP contribution in [0.4, 0.5) is 24.0 Å². The monoisotopic (exact) mass is 777 g/mol. The number of fused-ring (bicyclic) bond motifs is 4. The summed E-state index contributed by atoms with van der Waals surface area (Å²) in [4.78, 5) is 29.3. The number of halogens is 4. The van der Waals surface area contributed by atoms with Gasteiger partial charge >= 0.3 is 6.01 Å². The Hall–Kier alpha value is -3.90. The van der Waals surface area contributed by atoms with Gasteiger partial charge in [-0.1, -0.05) is 24.1 Å². The van der Waals surface area contributed by atoms with Crippen molar-refractivity contribution in [1.29, 1.82) is 5.26 Å². The minimum atomic E-state index is -0.948. The van der Waals surface area contributed by atoms with Crippen molar-refractivity contribution in [2.24, 2.45) is 23.2 Å². The van der Waals surface area contributed by atoms with E-state index in [1.54, 1.807) is 6.07 Å². The Labute approximate surface area is 318 Å². The minimum Gasteiger partial charge on any atom is -0.461 e. The Morgan fingerprint density at radius 3 is 2.74 bits per heavy atom. The lowest BCUT2D eigenvalue weighted by atomic mass is 9.75. The van der Waals surface area contributed by atoms with E-state index in [0.29, 0.717) is 75.4 Å². The van der Waals surface area contributed by atoms with E-state index in [2.05, 4.69) is 20.9 Å². The third-order valence-corrected chi connectivity index (χ3v) is 14.4. The van der Waals surface area contributed by atoms with Crippen molar-refractivity contribution in [3.8, 4) is 23.2 Å². The van der Waals surface area contributed by atoms with Gasteiger partial charge in [0.15, 0.2) is 5.82 Å². The Bertz CT molecular complexity index is 2270. The molecular formula is C39H39ClF3N7O3S. The molecule has 2 aromatic heterocycles. The first-order chi connectivity index (χ1) is 26.1. The fourth-order valence-corrected chi connectivity index (χ4v) is 11.7. The molecule has 4 aromatic rings. The molecule has 5 atom stereocenters. The van der Waals surface area contributed by atoms with Gasteiger partial charge in [0, 0.05) is 66.8 Å². The highest BCUT2D eigenvalue weighted by Gasteiger charge is 2.61. The maximum atomic E-state index is 17.3. The molecule has 15 heteroatoms. The molecule has 1 spiro atoms. The van der Waals surface area contributed by atoms with Crippen LogP contribution in [0.1, 0.15) is 44.1 Å². The van der Waals surface area contributed by atoms with Gasteiger partial charge in [-0.15, -0.1) is 11.3 Å². The molecule has 0 radical (unpaired) electrons. The van der Waals surface area contributed by atoms with Crippen molar-refractivity contribution in [3.63, 3.8) is 0 Å². The molecule has 10 rings (SSSR count). The molecule has 54 heavy (non-hydrogen) atoms. The quantitative estimate of drug-likeness (QED) is 0.232. The maximum absolute atomic E-state index is 17.3. The van der Waals surface area contributed by atoms with Crippen LogP contribution in [-0.4, -0.2) is 96.5 Å². The van der Waals surface area contributed by atoms with Gasteiger partial charge in [0.2, 0.25) is 5.91 Å². The second-order valence-corrected chi connectivity index (χ2v) is 17.8. The predicted octanol–water partition coefficient (Wildman–Crippen LogP) is 6.56. The predicted molar refractivity (Wildman–Crippen MR) is 199 cm³/mol. The number of nitriles is 1. The van der Waals surface area contributed by atoms with Gasteiger partial charge in [-0.05, 0) is 61.8 Å². The van der Waals surface area contributed by atoms with Crippen LogP contribution in [0.2, 0.25) is 5.02 Å². The smallest absolute Gasteiger partial charge is 0.319 e. The zero-order valence-corrected chi connectivity index (χ0v) is 31.1. The summed E-state index contributed by atoms with van der Waals surface area (Å²) >= 11 is 7.90. The van der Waals surface area contributed by atoms with E-state index in [9.17, 15) is 14.4 Å². The molecule has 7 heterocycles. The Morgan fingerprint density at radius 2 is 1.94 bits per heavy atom. The molecule has 1 saturated carbocycles. The topological polar surface area (TPSA) is 121 Å². The molecular weight excluding hydrogens is 739 g/mol. The average Bonchev–Trinajstić information content (AvgIpc) is 3.44. The first-order valence-corrected chi connectivity index (χ1v) is 20.0. The van der Waals surface area contributed by atoms with Crippen LogP contribution >= 0.6 is 22.9 Å². The number of carbonyl (C=O) groups is 1. The fourth-order valence-electron chi connectivity index (χ4n) is 10.4. The van der Waals surface area contributed by atoms with E-state index in [4.69, 9.17) is 31.8 Å². The normalized spacial score (nSPS) is 28.6. The van der Waals surface area contributed by atoms with Crippen LogP contribution < -0.4 is 15.4 Å². The second-order valence-electron chi connectivity index (χ2n) is 16.4. The number of amides is 1. The number of carbonyl (C=O) groups excluding carboxylic acids is 1. The molecule has 0 bridgehead atoms. The van der Waals surface area contributed by atoms with Gasteiger partial charge in [0.05, 0.1) is 34.0 Å². The zero-order chi connectivity index (χ0) is 37.1. The maximum Gasteiger partial charge on any atom is 0.319 e. The number of thiophene rings is 1. The third-order valence-electron chi connectivity index (χ3n) is 13.1. The van der Waals surface area contributed by atoms with Crippen LogP contribution in [0.15, 0.2) is 18.2 Å². The molecule has 282 valence electrons. The molecule has 5 saturated heterocycles. The largest absolute Gasteiger partial charge is 0.461 e. The Morgan fingerprint density at radius 1 is 1.13 bits per heavy atom. The van der Waals surface area contributed by atoms with Gasteiger partial charge in [0.25, 0.3) is 0 Å². The summed E-state index contributed by atoms with van der Waals surface area (Å²) in [6, 6.07) is 6.28. The number of alkyl halides is 1. The Kier molecular flexibility index (Phi) is 8.04. The summed E-state index contributed by atoms with van der Waals surface area (Å²) in [5.41, 5.74) is 5.70. The number of hydrogen-bond acceptors (Lipinski definition) is 10. The number of ether oxygens (including phenoxy) is 2. The van der Waals surface area contributed by atoms with E-state index >= 15 is 8.78 Å². The first kappa shape index (κ1) is 34.6. The van der Waals surface area contributed by atoms with E-state index in [1.807, 2.05) is 4.90 Å². The Balaban J connectivity index is 1.05. The lowest BCUT2D eigenvalue weighted by Gasteiger charge is -2.51. The van der Waals surface area contributed by atoms with Crippen molar-refractivity contribution in [2.75, 3.05) is 69.7 Å². The average molecular weight is 778 g/mol. The standard InChI is InChI=1S/C39H39ClF3N7O3S/c40-26-10-22-32(31(43)30(26)21-4-5-27(42)33-28(21)23(12-44)34(45)54-33)46-37(53-19-39-7-3-9-50(39)13-20(41)11-39)47-35(22)48-8-2-1-6-38(16-48)17-49(18-38)36(51)29-24-14-52-15-25(24)29/h4-5,10,20,24-25,29H,1-3,6-9,11,13-19,45H2/t20-,24-,25+,29?,39+/m1/s1.